The zero-order valence-corrected chi connectivity index (χ0v) is 17.6. The fourth-order valence-corrected chi connectivity index (χ4v) is 3.99. The lowest BCUT2D eigenvalue weighted by Crippen LogP contribution is -2.44. The van der Waals surface area contributed by atoms with Gasteiger partial charge in [0, 0.05) is 44.1 Å². The van der Waals surface area contributed by atoms with Crippen molar-refractivity contribution in [2.45, 2.75) is 58.1 Å². The van der Waals surface area contributed by atoms with E-state index in [0.29, 0.717) is 31.5 Å². The first-order valence-corrected chi connectivity index (χ1v) is 10.5. The van der Waals surface area contributed by atoms with E-state index >= 15 is 0 Å². The third kappa shape index (κ3) is 5.90. The molecule has 1 unspecified atom stereocenters. The summed E-state index contributed by atoms with van der Waals surface area (Å²) in [6.07, 6.45) is 4.32. The third-order valence-corrected chi connectivity index (χ3v) is 5.51. The number of allylic oxidation sites excluding steroid dienone is 1. The summed E-state index contributed by atoms with van der Waals surface area (Å²) in [5, 5.41) is 2.75. The highest BCUT2D eigenvalue weighted by Crippen LogP contribution is 2.28. The molecule has 1 aromatic rings. The predicted octanol–water partition coefficient (Wildman–Crippen LogP) is 3.11. The number of benzene rings is 1. The van der Waals surface area contributed by atoms with Crippen LogP contribution < -0.4 is 5.32 Å². The average molecular weight is 416 g/mol. The summed E-state index contributed by atoms with van der Waals surface area (Å²) < 4.78 is 19.4. The molecule has 2 amide bonds. The first kappa shape index (κ1) is 22.0. The molecule has 0 aliphatic carbocycles. The van der Waals surface area contributed by atoms with Crippen molar-refractivity contribution in [1.29, 1.82) is 0 Å². The Kier molecular flexibility index (Phi) is 6.90. The van der Waals surface area contributed by atoms with E-state index in [1.54, 1.807) is 36.9 Å². The fourth-order valence-electron chi connectivity index (χ4n) is 3.99. The second-order valence-corrected chi connectivity index (χ2v) is 8.68. The van der Waals surface area contributed by atoms with Crippen LogP contribution in [0.15, 0.2) is 36.1 Å². The molecule has 0 saturated carbocycles. The van der Waals surface area contributed by atoms with E-state index in [-0.39, 0.29) is 48.1 Å². The van der Waals surface area contributed by atoms with Crippen molar-refractivity contribution >= 4 is 17.6 Å². The van der Waals surface area contributed by atoms with E-state index in [4.69, 9.17) is 4.74 Å². The molecule has 1 aromatic carbocycles. The fraction of sp³-hybridized carbons (Fsp3) is 0.522. The molecule has 2 aliphatic heterocycles. The van der Waals surface area contributed by atoms with Crippen molar-refractivity contribution in [2.75, 3.05) is 13.1 Å². The highest BCUT2D eigenvalue weighted by molar-refractivity contribution is 6.01. The Balaban J connectivity index is 1.48. The van der Waals surface area contributed by atoms with Crippen molar-refractivity contribution in [3.05, 3.63) is 47.5 Å². The number of hydrogen-bond donors (Lipinski definition) is 1. The summed E-state index contributed by atoms with van der Waals surface area (Å²) in [6.45, 7) is 4.91. The van der Waals surface area contributed by atoms with Gasteiger partial charge in [0.15, 0.2) is 11.5 Å². The number of rotatable bonds is 6. The number of ketones is 1. The first-order chi connectivity index (χ1) is 14.2. The second kappa shape index (κ2) is 9.41. The number of amides is 2. The molecule has 7 heteroatoms. The molecule has 2 heterocycles. The Labute approximate surface area is 176 Å². The van der Waals surface area contributed by atoms with Crippen LogP contribution in [0.3, 0.4) is 0 Å². The van der Waals surface area contributed by atoms with Crippen molar-refractivity contribution in [3.63, 3.8) is 0 Å². The maximum atomic E-state index is 13.6. The third-order valence-electron chi connectivity index (χ3n) is 5.51. The molecular formula is C23H29FN2O4. The number of hydrogen-bond acceptors (Lipinski definition) is 4. The quantitative estimate of drug-likeness (QED) is 0.773. The number of piperidine rings is 1. The Hall–Kier alpha value is -2.70. The van der Waals surface area contributed by atoms with Crippen LogP contribution >= 0.6 is 0 Å². The molecule has 1 saturated heterocycles. The predicted molar refractivity (Wildman–Crippen MR) is 110 cm³/mol. The number of nitrogens with zero attached hydrogens (tertiary/aromatic N) is 1. The van der Waals surface area contributed by atoms with Crippen LogP contribution in [0.4, 0.5) is 4.39 Å². The average Bonchev–Trinajstić information content (AvgIpc) is 2.70. The highest BCUT2D eigenvalue weighted by atomic mass is 19.1. The number of likely N-dealkylation sites (tertiary alicyclic amines) is 1. The topological polar surface area (TPSA) is 75.7 Å². The summed E-state index contributed by atoms with van der Waals surface area (Å²) >= 11 is 0. The summed E-state index contributed by atoms with van der Waals surface area (Å²) in [7, 11) is 0. The van der Waals surface area contributed by atoms with Gasteiger partial charge in [0.2, 0.25) is 5.91 Å². The van der Waals surface area contributed by atoms with Gasteiger partial charge in [-0.2, -0.15) is 0 Å². The summed E-state index contributed by atoms with van der Waals surface area (Å²) in [5.74, 6) is -0.513. The SMILES string of the molecule is CC1(C)CC(=O)C=C(C(=O)N2CCCC(CCC(=O)NCc3ccccc3F)C2)O1. The molecule has 30 heavy (non-hydrogen) atoms. The number of nitrogens with one attached hydrogen (secondary N) is 1. The van der Waals surface area contributed by atoms with E-state index < -0.39 is 5.60 Å². The normalized spacial score (nSPS) is 20.9. The summed E-state index contributed by atoms with van der Waals surface area (Å²) in [4.78, 5) is 38.6. The second-order valence-electron chi connectivity index (χ2n) is 8.68. The lowest BCUT2D eigenvalue weighted by molar-refractivity contribution is -0.139. The zero-order valence-electron chi connectivity index (χ0n) is 17.6. The Bertz CT molecular complexity index is 849. The van der Waals surface area contributed by atoms with Gasteiger partial charge < -0.3 is 15.0 Å². The van der Waals surface area contributed by atoms with Gasteiger partial charge in [-0.05, 0) is 45.1 Å². The van der Waals surface area contributed by atoms with Gasteiger partial charge in [-0.3, -0.25) is 14.4 Å². The summed E-state index contributed by atoms with van der Waals surface area (Å²) in [5.41, 5.74) is -0.221. The molecule has 0 aromatic heterocycles. The van der Waals surface area contributed by atoms with Gasteiger partial charge in [-0.15, -0.1) is 0 Å². The van der Waals surface area contributed by atoms with Crippen molar-refractivity contribution in [1.82, 2.24) is 10.2 Å². The zero-order chi connectivity index (χ0) is 21.7. The maximum absolute atomic E-state index is 13.6. The first-order valence-electron chi connectivity index (χ1n) is 10.5. The van der Waals surface area contributed by atoms with Crippen molar-refractivity contribution in [3.8, 4) is 0 Å². The molecule has 6 nitrogen and oxygen atoms in total. The lowest BCUT2D eigenvalue weighted by atomic mass is 9.92. The molecular weight excluding hydrogens is 387 g/mol. The maximum Gasteiger partial charge on any atom is 0.289 e. The standard InChI is InChI=1S/C23H29FN2O4/c1-23(2)13-18(27)12-20(30-23)22(29)26-11-5-6-16(15-26)9-10-21(28)25-14-17-7-3-4-8-19(17)24/h3-4,7-8,12,16H,5-6,9-11,13-15H2,1-2H3,(H,25,28). The Morgan fingerprint density at radius 1 is 1.30 bits per heavy atom. The number of ether oxygens (including phenoxy) is 1. The monoisotopic (exact) mass is 416 g/mol. The van der Waals surface area contributed by atoms with Crippen molar-refractivity contribution in [2.24, 2.45) is 5.92 Å². The van der Waals surface area contributed by atoms with Gasteiger partial charge in [0.1, 0.15) is 11.4 Å². The van der Waals surface area contributed by atoms with E-state index in [9.17, 15) is 18.8 Å². The molecule has 162 valence electrons. The van der Waals surface area contributed by atoms with Gasteiger partial charge >= 0.3 is 0 Å². The molecule has 1 N–H and O–H groups in total. The minimum absolute atomic E-state index is 0.102. The van der Waals surface area contributed by atoms with Crippen LogP contribution in [0.2, 0.25) is 0 Å². The molecule has 0 spiro atoms. The highest BCUT2D eigenvalue weighted by Gasteiger charge is 2.35. The lowest BCUT2D eigenvalue weighted by Gasteiger charge is -2.36. The number of halogens is 1. The molecule has 0 bridgehead atoms. The minimum Gasteiger partial charge on any atom is -0.481 e. The van der Waals surface area contributed by atoms with Gasteiger partial charge in [-0.25, -0.2) is 4.39 Å². The molecule has 3 rings (SSSR count). The van der Waals surface area contributed by atoms with Gasteiger partial charge in [-0.1, -0.05) is 18.2 Å². The molecule has 0 radical (unpaired) electrons. The smallest absolute Gasteiger partial charge is 0.289 e. The van der Waals surface area contributed by atoms with Crippen LogP contribution in [0.25, 0.3) is 0 Å². The Morgan fingerprint density at radius 3 is 2.80 bits per heavy atom. The van der Waals surface area contributed by atoms with Crippen molar-refractivity contribution < 1.29 is 23.5 Å². The Morgan fingerprint density at radius 2 is 2.07 bits per heavy atom. The molecule has 2 aliphatic rings. The van der Waals surface area contributed by atoms with E-state index in [1.165, 1.54) is 12.1 Å². The summed E-state index contributed by atoms with van der Waals surface area (Å²) in [6, 6.07) is 6.37. The van der Waals surface area contributed by atoms with Crippen LogP contribution in [0.1, 0.15) is 51.5 Å². The largest absolute Gasteiger partial charge is 0.481 e. The molecule has 1 fully saturated rings. The van der Waals surface area contributed by atoms with Gasteiger partial charge in [0.05, 0.1) is 0 Å². The van der Waals surface area contributed by atoms with E-state index in [2.05, 4.69) is 5.32 Å². The molecule has 1 atom stereocenters. The number of carbonyl (C=O) groups is 3. The van der Waals surface area contributed by atoms with Crippen LogP contribution in [0.5, 0.6) is 0 Å². The van der Waals surface area contributed by atoms with E-state index in [1.807, 2.05) is 0 Å². The minimum atomic E-state index is -0.678. The van der Waals surface area contributed by atoms with Crippen LogP contribution in [-0.4, -0.2) is 41.2 Å². The number of carbonyl (C=O) groups excluding carboxylic acids is 3. The van der Waals surface area contributed by atoms with E-state index in [0.717, 1.165) is 12.8 Å². The van der Waals surface area contributed by atoms with Crippen LogP contribution in [-0.2, 0) is 25.7 Å². The van der Waals surface area contributed by atoms with Crippen LogP contribution in [0, 0.1) is 11.7 Å². The van der Waals surface area contributed by atoms with Gasteiger partial charge in [0.25, 0.3) is 5.91 Å².